The molecule has 9 heteroatoms. The highest BCUT2D eigenvalue weighted by Gasteiger charge is 2.45. The summed E-state index contributed by atoms with van der Waals surface area (Å²) in [6.45, 7) is 6.40. The lowest BCUT2D eigenvalue weighted by atomic mass is 9.86. The van der Waals surface area contributed by atoms with Gasteiger partial charge >= 0.3 is 12.1 Å². The summed E-state index contributed by atoms with van der Waals surface area (Å²) in [5.74, 6) is -0.383. The second-order valence-electron chi connectivity index (χ2n) is 13.3. The van der Waals surface area contributed by atoms with Gasteiger partial charge in [0.15, 0.2) is 5.60 Å². The smallest absolute Gasteiger partial charge is 0.458 e. The minimum atomic E-state index is -1.88. The van der Waals surface area contributed by atoms with Crippen molar-refractivity contribution in [1.29, 1.82) is 0 Å². The molecule has 1 atom stereocenters. The lowest BCUT2D eigenvalue weighted by Gasteiger charge is -2.31. The minimum absolute atomic E-state index is 0.0847. The van der Waals surface area contributed by atoms with Crippen LogP contribution in [0.1, 0.15) is 126 Å². The molecular weight excluding hydrogens is 632 g/mol. The Morgan fingerprint density at radius 3 is 2.38 bits per heavy atom. The molecule has 268 valence electrons. The van der Waals surface area contributed by atoms with E-state index < -0.39 is 17.7 Å². The standard InChI is InChI=1S/C41H52N2O7/c1-4-7-8-9-10-11-12-13-14-15-16-17-18-19-20-21-24-48-40(46)50-29-22-23-35-31(25-29)30(5-2)32-27-43-36(37(32)42-35)26-34-33(38(43)44)28-49-39(45)41(34,47)6-3/h10-11,13-14,22-23,25-26,47H,4-9,12,15-21,24,27-28H2,1-3H3/b11-10-,14-13-/t41-/m0/s1. The second kappa shape index (κ2) is 17.6. The maximum absolute atomic E-state index is 13.6. The number of hydrogen-bond acceptors (Lipinski definition) is 8. The summed E-state index contributed by atoms with van der Waals surface area (Å²) < 4.78 is 17.7. The molecule has 0 unspecified atom stereocenters. The van der Waals surface area contributed by atoms with Crippen molar-refractivity contribution in [3.63, 3.8) is 0 Å². The van der Waals surface area contributed by atoms with Gasteiger partial charge in [0.25, 0.3) is 5.56 Å². The molecule has 5 rings (SSSR count). The average Bonchev–Trinajstić information content (AvgIpc) is 3.48. The fraction of sp³-hybridized carbons (Fsp3) is 0.512. The largest absolute Gasteiger partial charge is 0.513 e. The maximum atomic E-state index is 13.6. The topological polar surface area (TPSA) is 117 Å². The van der Waals surface area contributed by atoms with Crippen LogP contribution in [0.15, 0.2) is 53.4 Å². The van der Waals surface area contributed by atoms with Gasteiger partial charge < -0.3 is 23.9 Å². The van der Waals surface area contributed by atoms with Crippen LogP contribution in [0.3, 0.4) is 0 Å². The van der Waals surface area contributed by atoms with Gasteiger partial charge in [0.1, 0.15) is 12.4 Å². The van der Waals surface area contributed by atoms with Crippen molar-refractivity contribution < 1.29 is 28.9 Å². The number of unbranched alkanes of at least 4 members (excludes halogenated alkanes) is 9. The van der Waals surface area contributed by atoms with E-state index >= 15 is 0 Å². The Kier molecular flexibility index (Phi) is 13.0. The number of allylic oxidation sites excluding steroid dienone is 4. The molecule has 0 amide bonds. The average molecular weight is 685 g/mol. The second-order valence-corrected chi connectivity index (χ2v) is 13.3. The molecule has 0 saturated heterocycles. The molecule has 2 aromatic heterocycles. The number of nitrogens with zero attached hydrogens (tertiary/aromatic N) is 2. The number of rotatable bonds is 18. The molecule has 0 aliphatic carbocycles. The predicted octanol–water partition coefficient (Wildman–Crippen LogP) is 8.97. The van der Waals surface area contributed by atoms with Crippen molar-refractivity contribution in [1.82, 2.24) is 9.55 Å². The van der Waals surface area contributed by atoms with Crippen molar-refractivity contribution >= 4 is 23.0 Å². The van der Waals surface area contributed by atoms with E-state index in [1.165, 1.54) is 44.9 Å². The molecular formula is C41H52N2O7. The van der Waals surface area contributed by atoms with Crippen LogP contribution in [0.25, 0.3) is 22.3 Å². The maximum Gasteiger partial charge on any atom is 0.513 e. The van der Waals surface area contributed by atoms with Gasteiger partial charge in [-0.15, -0.1) is 0 Å². The number of esters is 1. The first kappa shape index (κ1) is 37.0. The quantitative estimate of drug-likeness (QED) is 0.0478. The van der Waals surface area contributed by atoms with Gasteiger partial charge in [-0.25, -0.2) is 14.6 Å². The number of hydrogen-bond donors (Lipinski definition) is 1. The van der Waals surface area contributed by atoms with Crippen LogP contribution in [0.2, 0.25) is 0 Å². The molecule has 2 aliphatic rings. The van der Waals surface area contributed by atoms with Gasteiger partial charge in [0.2, 0.25) is 0 Å². The Hall–Kier alpha value is -4.24. The first-order valence-electron chi connectivity index (χ1n) is 18.6. The number of benzene rings is 1. The van der Waals surface area contributed by atoms with Gasteiger partial charge in [-0.05, 0) is 81.2 Å². The summed E-state index contributed by atoms with van der Waals surface area (Å²) in [4.78, 5) is 43.5. The highest BCUT2D eigenvalue weighted by atomic mass is 16.7. The first-order valence-corrected chi connectivity index (χ1v) is 18.6. The zero-order valence-corrected chi connectivity index (χ0v) is 29.9. The van der Waals surface area contributed by atoms with Crippen LogP contribution in [-0.2, 0) is 39.4 Å². The number of cyclic esters (lactones) is 1. The third-order valence-electron chi connectivity index (χ3n) is 9.90. The van der Waals surface area contributed by atoms with Crippen LogP contribution in [0.4, 0.5) is 4.79 Å². The van der Waals surface area contributed by atoms with E-state index in [2.05, 4.69) is 31.2 Å². The van der Waals surface area contributed by atoms with E-state index in [9.17, 15) is 19.5 Å². The molecule has 3 aromatic rings. The monoisotopic (exact) mass is 684 g/mol. The van der Waals surface area contributed by atoms with E-state index in [0.29, 0.717) is 42.2 Å². The van der Waals surface area contributed by atoms with Crippen LogP contribution in [0, 0.1) is 0 Å². The van der Waals surface area contributed by atoms with Crippen LogP contribution in [-0.4, -0.2) is 33.4 Å². The van der Waals surface area contributed by atoms with Crippen molar-refractivity contribution in [2.75, 3.05) is 6.61 Å². The zero-order chi connectivity index (χ0) is 35.5. The number of aryl methyl sites for hydroxylation is 1. The number of aliphatic hydroxyl groups is 1. The molecule has 9 nitrogen and oxygen atoms in total. The van der Waals surface area contributed by atoms with E-state index in [0.717, 1.165) is 48.6 Å². The van der Waals surface area contributed by atoms with Crippen LogP contribution < -0.4 is 10.3 Å². The van der Waals surface area contributed by atoms with E-state index in [4.69, 9.17) is 19.2 Å². The number of ether oxygens (including phenoxy) is 3. The number of carbonyl (C=O) groups is 2. The fourth-order valence-electron chi connectivity index (χ4n) is 6.98. The van der Waals surface area contributed by atoms with Gasteiger partial charge in [0.05, 0.1) is 35.6 Å². The normalized spacial score (nSPS) is 16.5. The Morgan fingerprint density at radius 2 is 1.66 bits per heavy atom. The molecule has 0 saturated carbocycles. The summed E-state index contributed by atoms with van der Waals surface area (Å²) >= 11 is 0. The number of pyridine rings is 2. The molecule has 1 aromatic carbocycles. The van der Waals surface area contributed by atoms with Gasteiger partial charge in [-0.1, -0.05) is 83.6 Å². The summed E-state index contributed by atoms with van der Waals surface area (Å²) in [5.41, 5.74) is 2.18. The molecule has 2 aliphatic heterocycles. The third-order valence-corrected chi connectivity index (χ3v) is 9.90. The van der Waals surface area contributed by atoms with Crippen molar-refractivity contribution in [3.8, 4) is 17.1 Å². The first-order chi connectivity index (χ1) is 24.3. The van der Waals surface area contributed by atoms with Crippen molar-refractivity contribution in [3.05, 3.63) is 81.2 Å². The minimum Gasteiger partial charge on any atom is -0.458 e. The molecule has 0 spiro atoms. The Bertz CT molecular complexity index is 1790. The van der Waals surface area contributed by atoms with Gasteiger partial charge in [-0.3, -0.25) is 4.79 Å². The van der Waals surface area contributed by atoms with Gasteiger partial charge in [-0.2, -0.15) is 0 Å². The summed E-state index contributed by atoms with van der Waals surface area (Å²) in [5, 5.41) is 12.0. The third kappa shape index (κ3) is 8.37. The fourth-order valence-corrected chi connectivity index (χ4v) is 6.98. The molecule has 0 bridgehead atoms. The van der Waals surface area contributed by atoms with Crippen LogP contribution in [0.5, 0.6) is 5.75 Å². The molecule has 0 radical (unpaired) electrons. The summed E-state index contributed by atoms with van der Waals surface area (Å²) in [6.07, 6.45) is 22.9. The molecule has 1 N–H and O–H groups in total. The Labute approximate surface area is 295 Å². The van der Waals surface area contributed by atoms with Crippen molar-refractivity contribution in [2.45, 2.75) is 129 Å². The number of aromatic nitrogens is 2. The van der Waals surface area contributed by atoms with E-state index in [1.807, 2.05) is 6.92 Å². The highest BCUT2D eigenvalue weighted by molar-refractivity contribution is 5.90. The number of fused-ring (bicyclic) bond motifs is 5. The molecule has 50 heavy (non-hydrogen) atoms. The Morgan fingerprint density at radius 1 is 0.940 bits per heavy atom. The lowest BCUT2D eigenvalue weighted by molar-refractivity contribution is -0.172. The Balaban J connectivity index is 1.10. The SMILES string of the molecule is CCCCC/C=C\C/C=C\CCCCCCCCOC(=O)Oc1ccc2nc3c(c(CC)c2c1)Cn1c-3cc2c(c1=O)COC(=O)[C@]2(O)CC. The van der Waals surface area contributed by atoms with Crippen LogP contribution >= 0.6 is 0 Å². The number of carbonyl (C=O) groups excluding carboxylic acids is 2. The summed E-state index contributed by atoms with van der Waals surface area (Å²) in [6, 6.07) is 6.98. The van der Waals surface area contributed by atoms with E-state index in [1.54, 1.807) is 35.8 Å². The van der Waals surface area contributed by atoms with E-state index in [-0.39, 0.29) is 29.7 Å². The molecule has 0 fully saturated rings. The zero-order valence-electron chi connectivity index (χ0n) is 29.9. The van der Waals surface area contributed by atoms with Gasteiger partial charge in [0, 0.05) is 16.5 Å². The lowest BCUT2D eigenvalue weighted by Crippen LogP contribution is -2.44. The predicted molar refractivity (Wildman–Crippen MR) is 195 cm³/mol. The van der Waals surface area contributed by atoms with Crippen molar-refractivity contribution in [2.24, 2.45) is 0 Å². The highest BCUT2D eigenvalue weighted by Crippen LogP contribution is 2.40. The molecule has 4 heterocycles. The summed E-state index contributed by atoms with van der Waals surface area (Å²) in [7, 11) is 0.